The predicted molar refractivity (Wildman–Crippen MR) is 95.9 cm³/mol. The zero-order valence-corrected chi connectivity index (χ0v) is 16.1. The molecule has 0 aliphatic heterocycles. The largest absolute Gasteiger partial charge is 0.433 e. The third kappa shape index (κ3) is 2.84. The molecule has 2 aromatic rings. The van der Waals surface area contributed by atoms with Crippen molar-refractivity contribution in [3.05, 3.63) is 22.5 Å². The highest BCUT2D eigenvalue weighted by atomic mass is 32.1. The van der Waals surface area contributed by atoms with Crippen molar-refractivity contribution in [2.24, 2.45) is 24.8 Å². The molecule has 2 heterocycles. The van der Waals surface area contributed by atoms with Gasteiger partial charge in [-0.3, -0.25) is 14.8 Å². The van der Waals surface area contributed by atoms with E-state index >= 15 is 0 Å². The average Bonchev–Trinajstić information content (AvgIpc) is 3.20. The van der Waals surface area contributed by atoms with Gasteiger partial charge in [0.2, 0.25) is 5.13 Å². The first-order chi connectivity index (χ1) is 13.2. The summed E-state index contributed by atoms with van der Waals surface area (Å²) in [5.74, 6) is 1.38. The maximum Gasteiger partial charge on any atom is 0.433 e. The van der Waals surface area contributed by atoms with Crippen LogP contribution < -0.4 is 5.32 Å². The van der Waals surface area contributed by atoms with E-state index in [0.717, 1.165) is 55.3 Å². The van der Waals surface area contributed by atoms with Crippen LogP contribution in [0.3, 0.4) is 0 Å². The minimum Gasteiger partial charge on any atom is -0.296 e. The second-order valence-corrected chi connectivity index (χ2v) is 9.57. The number of alkyl halides is 3. The molecule has 4 bridgehead atoms. The Hall–Kier alpha value is -1.97. The summed E-state index contributed by atoms with van der Waals surface area (Å²) in [6, 6.07) is 0. The molecule has 0 atom stereocenters. The van der Waals surface area contributed by atoms with Crippen molar-refractivity contribution in [2.45, 2.75) is 50.1 Å². The van der Waals surface area contributed by atoms with Crippen LogP contribution in [0.1, 0.15) is 59.6 Å². The van der Waals surface area contributed by atoms with E-state index < -0.39 is 23.3 Å². The molecule has 10 heteroatoms. The molecule has 6 nitrogen and oxygen atoms in total. The lowest BCUT2D eigenvalue weighted by atomic mass is 9.50. The molecular weight excluding hydrogens is 391 g/mol. The van der Waals surface area contributed by atoms with Crippen molar-refractivity contribution in [1.82, 2.24) is 20.0 Å². The average molecular weight is 411 g/mol. The molecule has 0 radical (unpaired) electrons. The third-order valence-corrected chi connectivity index (χ3v) is 7.67. The van der Waals surface area contributed by atoms with Gasteiger partial charge in [0, 0.05) is 12.5 Å². The Morgan fingerprint density at radius 1 is 1.18 bits per heavy atom. The van der Waals surface area contributed by atoms with E-state index in [1.54, 1.807) is 0 Å². The summed E-state index contributed by atoms with van der Waals surface area (Å²) in [6.45, 7) is 0. The van der Waals surface area contributed by atoms with Gasteiger partial charge >= 0.3 is 6.18 Å². The van der Waals surface area contributed by atoms with Crippen LogP contribution in [0.5, 0.6) is 0 Å². The van der Waals surface area contributed by atoms with E-state index in [9.17, 15) is 18.0 Å². The van der Waals surface area contributed by atoms with Crippen LogP contribution in [0.4, 0.5) is 18.3 Å². The number of amides is 1. The highest BCUT2D eigenvalue weighted by Crippen LogP contribution is 2.61. The number of aromatic nitrogens is 4. The van der Waals surface area contributed by atoms with E-state index in [0.29, 0.717) is 4.68 Å². The summed E-state index contributed by atoms with van der Waals surface area (Å²) in [5, 5.41) is 15.6. The van der Waals surface area contributed by atoms with Crippen LogP contribution in [0.15, 0.2) is 6.20 Å². The van der Waals surface area contributed by atoms with Gasteiger partial charge in [-0.2, -0.15) is 18.3 Å². The van der Waals surface area contributed by atoms with Crippen LogP contribution in [-0.2, 0) is 18.6 Å². The maximum absolute atomic E-state index is 13.2. The fourth-order valence-electron chi connectivity index (χ4n) is 5.96. The van der Waals surface area contributed by atoms with E-state index in [2.05, 4.69) is 20.6 Å². The lowest BCUT2D eigenvalue weighted by Gasteiger charge is -2.55. The predicted octanol–water partition coefficient (Wildman–Crippen LogP) is 4.01. The Balaban J connectivity index is 1.38. The molecule has 4 fully saturated rings. The van der Waals surface area contributed by atoms with Gasteiger partial charge in [-0.1, -0.05) is 11.3 Å². The zero-order chi connectivity index (χ0) is 19.7. The van der Waals surface area contributed by atoms with E-state index in [-0.39, 0.29) is 10.5 Å². The summed E-state index contributed by atoms with van der Waals surface area (Å²) in [6.07, 6.45) is 3.53. The number of anilines is 1. The van der Waals surface area contributed by atoms with Gasteiger partial charge in [-0.25, -0.2) is 0 Å². The van der Waals surface area contributed by atoms with Gasteiger partial charge < -0.3 is 0 Å². The smallest absolute Gasteiger partial charge is 0.296 e. The number of nitrogens with one attached hydrogen (secondary N) is 1. The van der Waals surface area contributed by atoms with Gasteiger partial charge in [-0.15, -0.1) is 10.2 Å². The standard InChI is InChI=1S/C18H20F3N5OS/c1-26-13(18(19,20)21)12(8-22-26)14(27)23-16-25-24-15(28-16)17-5-9-2-10(6-17)4-11(3-9)7-17/h8-11H,2-7H2,1H3,(H,23,25,27). The Kier molecular flexibility index (Phi) is 3.88. The summed E-state index contributed by atoms with van der Waals surface area (Å²) >= 11 is 1.30. The van der Waals surface area contributed by atoms with Crippen LogP contribution in [0.25, 0.3) is 0 Å². The fraction of sp³-hybridized carbons (Fsp3) is 0.667. The molecule has 4 saturated carbocycles. The zero-order valence-electron chi connectivity index (χ0n) is 15.3. The number of rotatable bonds is 3. The highest BCUT2D eigenvalue weighted by Gasteiger charge is 2.53. The van der Waals surface area contributed by atoms with Crippen molar-refractivity contribution in [3.63, 3.8) is 0 Å². The molecule has 28 heavy (non-hydrogen) atoms. The van der Waals surface area contributed by atoms with E-state index in [4.69, 9.17) is 0 Å². The minimum absolute atomic E-state index is 0.0425. The molecule has 1 amide bonds. The van der Waals surface area contributed by atoms with Crippen molar-refractivity contribution in [1.29, 1.82) is 0 Å². The summed E-state index contributed by atoms with van der Waals surface area (Å²) in [7, 11) is 1.16. The maximum atomic E-state index is 13.2. The Bertz CT molecular complexity index is 899. The molecule has 2 aromatic heterocycles. The van der Waals surface area contributed by atoms with Gasteiger partial charge in [0.25, 0.3) is 5.91 Å². The number of carbonyl (C=O) groups is 1. The molecule has 6 rings (SSSR count). The summed E-state index contributed by atoms with van der Waals surface area (Å²) in [5.41, 5.74) is -1.54. The lowest BCUT2D eigenvalue weighted by Crippen LogP contribution is -2.48. The number of hydrogen-bond donors (Lipinski definition) is 1. The first-order valence-corrected chi connectivity index (χ1v) is 10.3. The molecule has 150 valence electrons. The monoisotopic (exact) mass is 411 g/mol. The first-order valence-electron chi connectivity index (χ1n) is 9.48. The van der Waals surface area contributed by atoms with Crippen LogP contribution >= 0.6 is 11.3 Å². The number of nitrogens with zero attached hydrogens (tertiary/aromatic N) is 4. The summed E-state index contributed by atoms with van der Waals surface area (Å²) in [4.78, 5) is 12.4. The molecular formula is C18H20F3N5OS. The molecule has 0 spiro atoms. The van der Waals surface area contributed by atoms with Crippen LogP contribution in [0.2, 0.25) is 0 Å². The molecule has 1 N–H and O–H groups in total. The number of aryl methyl sites for hydroxylation is 1. The second kappa shape index (κ2) is 6.01. The third-order valence-electron chi connectivity index (χ3n) is 6.59. The normalized spacial score (nSPS) is 31.4. The Morgan fingerprint density at radius 3 is 2.36 bits per heavy atom. The van der Waals surface area contributed by atoms with Gasteiger partial charge in [0.15, 0.2) is 5.69 Å². The van der Waals surface area contributed by atoms with Crippen molar-refractivity contribution >= 4 is 22.4 Å². The minimum atomic E-state index is -4.66. The number of hydrogen-bond acceptors (Lipinski definition) is 5. The topological polar surface area (TPSA) is 72.7 Å². The molecule has 0 saturated heterocycles. The number of carbonyl (C=O) groups excluding carboxylic acids is 1. The van der Waals surface area contributed by atoms with Crippen LogP contribution in [0, 0.1) is 17.8 Å². The lowest BCUT2D eigenvalue weighted by molar-refractivity contribution is -0.144. The quantitative estimate of drug-likeness (QED) is 0.828. The fourth-order valence-corrected chi connectivity index (χ4v) is 6.92. The Labute approximate surface area is 163 Å². The first kappa shape index (κ1) is 18.1. The van der Waals surface area contributed by atoms with Crippen molar-refractivity contribution in [3.8, 4) is 0 Å². The molecule has 0 aromatic carbocycles. The Morgan fingerprint density at radius 2 is 1.79 bits per heavy atom. The highest BCUT2D eigenvalue weighted by molar-refractivity contribution is 7.15. The second-order valence-electron chi connectivity index (χ2n) is 8.59. The van der Waals surface area contributed by atoms with Gasteiger partial charge in [0.1, 0.15) is 5.01 Å². The SMILES string of the molecule is Cn1ncc(C(=O)Nc2nnc(C34CC5CC(CC(C5)C3)C4)s2)c1C(F)(F)F. The molecule has 4 aliphatic rings. The van der Waals surface area contributed by atoms with Crippen molar-refractivity contribution in [2.75, 3.05) is 5.32 Å². The molecule has 0 unspecified atom stereocenters. The van der Waals surface area contributed by atoms with Gasteiger partial charge in [0.05, 0.1) is 11.8 Å². The number of halogens is 3. The van der Waals surface area contributed by atoms with Crippen LogP contribution in [-0.4, -0.2) is 25.9 Å². The van der Waals surface area contributed by atoms with E-state index in [1.165, 1.54) is 30.6 Å². The van der Waals surface area contributed by atoms with Crippen molar-refractivity contribution < 1.29 is 18.0 Å². The molecule has 4 aliphatic carbocycles. The summed E-state index contributed by atoms with van der Waals surface area (Å²) < 4.78 is 40.3. The van der Waals surface area contributed by atoms with E-state index in [1.807, 2.05) is 0 Å². The van der Waals surface area contributed by atoms with Gasteiger partial charge in [-0.05, 0) is 56.3 Å².